The van der Waals surface area contributed by atoms with Crippen molar-refractivity contribution in [3.05, 3.63) is 0 Å². The lowest BCUT2D eigenvalue weighted by Crippen LogP contribution is -2.46. The second-order valence-corrected chi connectivity index (χ2v) is 7.44. The van der Waals surface area contributed by atoms with E-state index in [1.54, 1.807) is 0 Å². The number of morpholine rings is 1. The molecule has 0 aromatic rings. The number of nitrogens with zero attached hydrogens (tertiary/aromatic N) is 2. The van der Waals surface area contributed by atoms with Crippen LogP contribution in [0.5, 0.6) is 0 Å². The van der Waals surface area contributed by atoms with Gasteiger partial charge in [0.15, 0.2) is 0 Å². The highest BCUT2D eigenvalue weighted by Gasteiger charge is 2.35. The fourth-order valence-electron chi connectivity index (χ4n) is 4.58. The lowest BCUT2D eigenvalue weighted by Gasteiger charge is -2.36. The molecule has 4 nitrogen and oxygen atoms in total. The van der Waals surface area contributed by atoms with Gasteiger partial charge in [-0.05, 0) is 37.8 Å². The van der Waals surface area contributed by atoms with Crippen molar-refractivity contribution in [3.8, 4) is 0 Å². The van der Waals surface area contributed by atoms with Gasteiger partial charge in [0, 0.05) is 32.2 Å². The van der Waals surface area contributed by atoms with Crippen LogP contribution in [0.3, 0.4) is 0 Å². The molecule has 4 heteroatoms. The minimum absolute atomic E-state index is 0.413. The smallest absolute Gasteiger partial charge is 0.0594 e. The van der Waals surface area contributed by atoms with Gasteiger partial charge in [-0.25, -0.2) is 0 Å². The molecule has 0 aromatic carbocycles. The molecule has 1 atom stereocenters. The Balaban J connectivity index is 1.52. The minimum Gasteiger partial charge on any atom is -0.379 e. The van der Waals surface area contributed by atoms with E-state index in [1.165, 1.54) is 64.6 Å². The number of rotatable bonds is 4. The molecule has 1 saturated carbocycles. The standard InChI is InChI=1S/C17H33N3O/c18-14-17(6-3-1-2-4-7-17)15-19-8-5-16(13-19)20-9-11-21-12-10-20/h16H,1-15,18H2. The summed E-state index contributed by atoms with van der Waals surface area (Å²) in [6.45, 7) is 8.73. The first kappa shape index (κ1) is 15.7. The summed E-state index contributed by atoms with van der Waals surface area (Å²) in [6.07, 6.45) is 9.64. The van der Waals surface area contributed by atoms with Gasteiger partial charge in [-0.3, -0.25) is 4.90 Å². The summed E-state index contributed by atoms with van der Waals surface area (Å²) in [6, 6.07) is 0.759. The van der Waals surface area contributed by atoms with E-state index in [1.807, 2.05) is 0 Å². The molecule has 3 rings (SSSR count). The lowest BCUT2D eigenvalue weighted by atomic mass is 9.80. The number of nitrogens with two attached hydrogens (primary N) is 1. The molecule has 0 radical (unpaired) electrons. The van der Waals surface area contributed by atoms with Gasteiger partial charge in [0.1, 0.15) is 0 Å². The van der Waals surface area contributed by atoms with E-state index in [-0.39, 0.29) is 0 Å². The molecule has 21 heavy (non-hydrogen) atoms. The van der Waals surface area contributed by atoms with Crippen molar-refractivity contribution in [3.63, 3.8) is 0 Å². The van der Waals surface area contributed by atoms with Crippen LogP contribution in [0.2, 0.25) is 0 Å². The van der Waals surface area contributed by atoms with Gasteiger partial charge in [0.25, 0.3) is 0 Å². The predicted molar refractivity (Wildman–Crippen MR) is 86.4 cm³/mol. The molecule has 2 heterocycles. The van der Waals surface area contributed by atoms with E-state index in [0.717, 1.165) is 38.9 Å². The Morgan fingerprint density at radius 1 is 1.00 bits per heavy atom. The normalized spacial score (nSPS) is 32.1. The summed E-state index contributed by atoms with van der Waals surface area (Å²) in [5, 5.41) is 0. The second kappa shape index (κ2) is 7.40. The van der Waals surface area contributed by atoms with Gasteiger partial charge in [-0.2, -0.15) is 0 Å². The third kappa shape index (κ3) is 3.98. The van der Waals surface area contributed by atoms with Crippen molar-refractivity contribution in [2.24, 2.45) is 11.1 Å². The summed E-state index contributed by atoms with van der Waals surface area (Å²) in [5.41, 5.74) is 6.62. The zero-order valence-corrected chi connectivity index (χ0v) is 13.6. The summed E-state index contributed by atoms with van der Waals surface area (Å²) < 4.78 is 5.48. The molecule has 122 valence electrons. The van der Waals surface area contributed by atoms with E-state index in [0.29, 0.717) is 5.41 Å². The van der Waals surface area contributed by atoms with Gasteiger partial charge in [-0.15, -0.1) is 0 Å². The summed E-state index contributed by atoms with van der Waals surface area (Å²) in [4.78, 5) is 5.35. The monoisotopic (exact) mass is 295 g/mol. The molecule has 2 N–H and O–H groups in total. The molecule has 0 bridgehead atoms. The summed E-state index contributed by atoms with van der Waals surface area (Å²) in [7, 11) is 0. The first-order valence-electron chi connectivity index (χ1n) is 9.06. The predicted octanol–water partition coefficient (Wildman–Crippen LogP) is 1.69. The quantitative estimate of drug-likeness (QED) is 0.802. The maximum atomic E-state index is 6.21. The molecular formula is C17H33N3O. The van der Waals surface area contributed by atoms with Crippen molar-refractivity contribution < 1.29 is 4.74 Å². The molecule has 2 aliphatic heterocycles. The van der Waals surface area contributed by atoms with E-state index < -0.39 is 0 Å². The molecule has 0 spiro atoms. The topological polar surface area (TPSA) is 41.7 Å². The van der Waals surface area contributed by atoms with Crippen LogP contribution in [-0.2, 0) is 4.74 Å². The Hall–Kier alpha value is -0.160. The zero-order chi connectivity index (χ0) is 14.5. The highest BCUT2D eigenvalue weighted by Crippen LogP contribution is 2.36. The average molecular weight is 295 g/mol. The second-order valence-electron chi connectivity index (χ2n) is 7.44. The average Bonchev–Trinajstić information content (AvgIpc) is 2.86. The fraction of sp³-hybridized carbons (Fsp3) is 1.00. The molecule has 3 aliphatic rings. The van der Waals surface area contributed by atoms with Crippen LogP contribution in [0.1, 0.15) is 44.9 Å². The SMILES string of the molecule is NCC1(CN2CCC(N3CCOCC3)C2)CCCCCC1. The van der Waals surface area contributed by atoms with Crippen molar-refractivity contribution in [1.82, 2.24) is 9.80 Å². The van der Waals surface area contributed by atoms with Crippen LogP contribution in [-0.4, -0.2) is 68.3 Å². The van der Waals surface area contributed by atoms with Crippen LogP contribution in [0.15, 0.2) is 0 Å². The summed E-state index contributed by atoms with van der Waals surface area (Å²) in [5.74, 6) is 0. The molecule has 3 fully saturated rings. The molecular weight excluding hydrogens is 262 g/mol. The summed E-state index contributed by atoms with van der Waals surface area (Å²) >= 11 is 0. The first-order valence-corrected chi connectivity index (χ1v) is 9.06. The highest BCUT2D eigenvalue weighted by atomic mass is 16.5. The fourth-order valence-corrected chi connectivity index (χ4v) is 4.58. The van der Waals surface area contributed by atoms with E-state index in [4.69, 9.17) is 10.5 Å². The molecule has 0 aromatic heterocycles. The van der Waals surface area contributed by atoms with Gasteiger partial charge in [-0.1, -0.05) is 25.7 Å². The van der Waals surface area contributed by atoms with Crippen molar-refractivity contribution in [1.29, 1.82) is 0 Å². The highest BCUT2D eigenvalue weighted by molar-refractivity contribution is 4.91. The number of likely N-dealkylation sites (tertiary alicyclic amines) is 1. The number of hydrogen-bond acceptors (Lipinski definition) is 4. The van der Waals surface area contributed by atoms with Crippen LogP contribution < -0.4 is 5.73 Å². The lowest BCUT2D eigenvalue weighted by molar-refractivity contribution is 0.0174. The third-order valence-electron chi connectivity index (χ3n) is 5.97. The maximum Gasteiger partial charge on any atom is 0.0594 e. The van der Waals surface area contributed by atoms with Crippen LogP contribution in [0.4, 0.5) is 0 Å². The Morgan fingerprint density at radius 3 is 2.38 bits per heavy atom. The zero-order valence-electron chi connectivity index (χ0n) is 13.6. The van der Waals surface area contributed by atoms with Crippen LogP contribution >= 0.6 is 0 Å². The van der Waals surface area contributed by atoms with Crippen LogP contribution in [0.25, 0.3) is 0 Å². The first-order chi connectivity index (χ1) is 10.3. The molecule has 2 saturated heterocycles. The largest absolute Gasteiger partial charge is 0.379 e. The van der Waals surface area contributed by atoms with Gasteiger partial charge in [0.2, 0.25) is 0 Å². The number of ether oxygens (including phenoxy) is 1. The molecule has 1 unspecified atom stereocenters. The third-order valence-corrected chi connectivity index (χ3v) is 5.97. The van der Waals surface area contributed by atoms with Crippen molar-refractivity contribution in [2.45, 2.75) is 51.0 Å². The van der Waals surface area contributed by atoms with E-state index in [9.17, 15) is 0 Å². The Kier molecular flexibility index (Phi) is 5.54. The van der Waals surface area contributed by atoms with Gasteiger partial charge < -0.3 is 15.4 Å². The minimum atomic E-state index is 0.413. The number of hydrogen-bond donors (Lipinski definition) is 1. The van der Waals surface area contributed by atoms with Gasteiger partial charge >= 0.3 is 0 Å². The van der Waals surface area contributed by atoms with E-state index in [2.05, 4.69) is 9.80 Å². The molecule has 0 amide bonds. The van der Waals surface area contributed by atoms with Crippen molar-refractivity contribution >= 4 is 0 Å². The molecule has 1 aliphatic carbocycles. The Labute approximate surface area is 130 Å². The van der Waals surface area contributed by atoms with Crippen LogP contribution in [0, 0.1) is 5.41 Å². The van der Waals surface area contributed by atoms with Crippen molar-refractivity contribution in [2.75, 3.05) is 52.5 Å². The van der Waals surface area contributed by atoms with E-state index >= 15 is 0 Å². The Morgan fingerprint density at radius 2 is 1.71 bits per heavy atom. The Bertz CT molecular complexity index is 309. The van der Waals surface area contributed by atoms with Gasteiger partial charge in [0.05, 0.1) is 13.2 Å². The maximum absolute atomic E-state index is 6.21.